The van der Waals surface area contributed by atoms with E-state index in [1.807, 2.05) is 22.7 Å². The first kappa shape index (κ1) is 8.71. The molecule has 1 fully saturated rings. The molecule has 1 aliphatic rings. The van der Waals surface area contributed by atoms with Crippen LogP contribution in [0.3, 0.4) is 0 Å². The zero-order valence-electron chi connectivity index (χ0n) is 7.82. The quantitative estimate of drug-likeness (QED) is 0.841. The van der Waals surface area contributed by atoms with Crippen molar-refractivity contribution >= 4 is 37.1 Å². The lowest BCUT2D eigenvalue weighted by Crippen LogP contribution is -2.25. The molecule has 0 amide bonds. The van der Waals surface area contributed by atoms with Gasteiger partial charge in [-0.1, -0.05) is 0 Å². The largest absolute Gasteiger partial charge is 0.310 e. The molecular weight excluding hydrogens is 212 g/mol. The average Bonchev–Trinajstić information content (AvgIpc) is 2.78. The Bertz CT molecular complexity index is 397. The number of hydrogen-bond acceptors (Lipinski definition) is 4. The summed E-state index contributed by atoms with van der Waals surface area (Å²) in [4.78, 5) is 0. The summed E-state index contributed by atoms with van der Waals surface area (Å²) in [6.07, 6.45) is 2.65. The van der Waals surface area contributed by atoms with Gasteiger partial charge in [-0.15, -0.1) is 22.7 Å². The standard InChI is InChI=1S/C10H12N2S2/c1-2-5-12(4-1)11-10-7-9-8(14-10)3-6-13-9/h3,6-7,11H,1-2,4-5H2. The van der Waals surface area contributed by atoms with Gasteiger partial charge in [-0.3, -0.25) is 0 Å². The van der Waals surface area contributed by atoms with Gasteiger partial charge >= 0.3 is 0 Å². The third-order valence-corrected chi connectivity index (χ3v) is 4.51. The van der Waals surface area contributed by atoms with E-state index in [-0.39, 0.29) is 0 Å². The van der Waals surface area contributed by atoms with Gasteiger partial charge in [0.05, 0.1) is 0 Å². The van der Waals surface area contributed by atoms with Crippen molar-refractivity contribution in [2.75, 3.05) is 18.5 Å². The highest BCUT2D eigenvalue weighted by Gasteiger charge is 2.12. The molecule has 0 radical (unpaired) electrons. The molecule has 0 saturated carbocycles. The maximum atomic E-state index is 3.47. The predicted octanol–water partition coefficient (Wildman–Crippen LogP) is 3.39. The van der Waals surface area contributed by atoms with Crippen LogP contribution in [-0.2, 0) is 0 Å². The smallest absolute Gasteiger partial charge is 0.105 e. The first-order valence-corrected chi connectivity index (χ1v) is 6.60. The number of nitrogens with zero attached hydrogens (tertiary/aromatic N) is 1. The number of anilines is 1. The maximum Gasteiger partial charge on any atom is 0.105 e. The molecular formula is C10H12N2S2. The summed E-state index contributed by atoms with van der Waals surface area (Å²) in [6, 6.07) is 4.45. The van der Waals surface area contributed by atoms with Crippen LogP contribution < -0.4 is 5.43 Å². The second-order valence-corrected chi connectivity index (χ2v) is 5.60. The Morgan fingerprint density at radius 1 is 1.21 bits per heavy atom. The number of hydrazine groups is 1. The number of thiophene rings is 2. The molecule has 2 aromatic heterocycles. The molecule has 1 N–H and O–H groups in total. The molecule has 74 valence electrons. The van der Waals surface area contributed by atoms with Crippen LogP contribution in [0.25, 0.3) is 9.40 Å². The molecule has 0 atom stereocenters. The second-order valence-electron chi connectivity index (χ2n) is 3.57. The van der Waals surface area contributed by atoms with Crippen LogP contribution in [0.15, 0.2) is 17.5 Å². The van der Waals surface area contributed by atoms with Crippen molar-refractivity contribution in [1.29, 1.82) is 0 Å². The zero-order valence-corrected chi connectivity index (χ0v) is 9.46. The summed E-state index contributed by atoms with van der Waals surface area (Å²) in [6.45, 7) is 2.37. The van der Waals surface area contributed by atoms with E-state index in [0.717, 1.165) is 0 Å². The third kappa shape index (κ3) is 1.54. The van der Waals surface area contributed by atoms with Crippen molar-refractivity contribution in [2.24, 2.45) is 0 Å². The molecule has 1 saturated heterocycles. The Morgan fingerprint density at radius 2 is 2.07 bits per heavy atom. The fraction of sp³-hybridized carbons (Fsp3) is 0.400. The Kier molecular flexibility index (Phi) is 2.20. The Morgan fingerprint density at radius 3 is 2.86 bits per heavy atom. The minimum atomic E-state index is 1.19. The number of hydrogen-bond donors (Lipinski definition) is 1. The predicted molar refractivity (Wildman–Crippen MR) is 64.1 cm³/mol. The van der Waals surface area contributed by atoms with E-state index in [1.165, 1.54) is 40.3 Å². The highest BCUT2D eigenvalue weighted by Crippen LogP contribution is 2.33. The molecule has 3 rings (SSSR count). The van der Waals surface area contributed by atoms with Crippen LogP contribution in [-0.4, -0.2) is 18.1 Å². The van der Waals surface area contributed by atoms with Crippen molar-refractivity contribution in [1.82, 2.24) is 5.01 Å². The lowest BCUT2D eigenvalue weighted by molar-refractivity contribution is 0.412. The van der Waals surface area contributed by atoms with Crippen LogP contribution in [0.1, 0.15) is 12.8 Å². The van der Waals surface area contributed by atoms with Crippen LogP contribution in [0, 0.1) is 0 Å². The summed E-state index contributed by atoms with van der Waals surface area (Å²) in [5, 5.41) is 5.75. The van der Waals surface area contributed by atoms with Crippen LogP contribution in [0.2, 0.25) is 0 Å². The second kappa shape index (κ2) is 3.53. The van der Waals surface area contributed by atoms with Crippen LogP contribution in [0.5, 0.6) is 0 Å². The summed E-state index contributed by atoms with van der Waals surface area (Å²) in [7, 11) is 0. The van der Waals surface area contributed by atoms with E-state index in [4.69, 9.17) is 0 Å². The fourth-order valence-corrected chi connectivity index (χ4v) is 3.84. The van der Waals surface area contributed by atoms with E-state index in [1.54, 1.807) is 0 Å². The summed E-state index contributed by atoms with van der Waals surface area (Å²) < 4.78 is 2.80. The van der Waals surface area contributed by atoms with Crippen molar-refractivity contribution in [3.8, 4) is 0 Å². The number of rotatable bonds is 2. The average molecular weight is 224 g/mol. The molecule has 0 spiro atoms. The SMILES string of the molecule is c1cc2sc(NN3CCCC3)cc2s1. The van der Waals surface area contributed by atoms with Gasteiger partial charge < -0.3 is 5.43 Å². The Hall–Kier alpha value is -0.580. The molecule has 4 heteroatoms. The van der Waals surface area contributed by atoms with Gasteiger partial charge in [0, 0.05) is 22.5 Å². The van der Waals surface area contributed by atoms with Crippen molar-refractivity contribution in [2.45, 2.75) is 12.8 Å². The topological polar surface area (TPSA) is 15.3 Å². The van der Waals surface area contributed by atoms with E-state index >= 15 is 0 Å². The molecule has 1 aliphatic heterocycles. The van der Waals surface area contributed by atoms with E-state index in [0.29, 0.717) is 0 Å². The van der Waals surface area contributed by atoms with Crippen LogP contribution >= 0.6 is 22.7 Å². The normalized spacial score (nSPS) is 18.0. The number of fused-ring (bicyclic) bond motifs is 1. The lowest BCUT2D eigenvalue weighted by Gasteiger charge is -2.15. The Labute approximate surface area is 91.1 Å². The van der Waals surface area contributed by atoms with Gasteiger partial charge in [0.15, 0.2) is 0 Å². The van der Waals surface area contributed by atoms with E-state index < -0.39 is 0 Å². The first-order chi connectivity index (χ1) is 6.92. The summed E-state index contributed by atoms with van der Waals surface area (Å²) in [5.74, 6) is 0. The molecule has 0 bridgehead atoms. The highest BCUT2D eigenvalue weighted by molar-refractivity contribution is 7.29. The number of nitrogens with one attached hydrogen (secondary N) is 1. The molecule has 14 heavy (non-hydrogen) atoms. The summed E-state index contributed by atoms with van der Waals surface area (Å²) in [5.41, 5.74) is 3.47. The minimum Gasteiger partial charge on any atom is -0.310 e. The van der Waals surface area contributed by atoms with E-state index in [2.05, 4.69) is 27.9 Å². The third-order valence-electron chi connectivity index (χ3n) is 2.51. The fourth-order valence-electron chi connectivity index (χ4n) is 1.81. The first-order valence-electron chi connectivity index (χ1n) is 4.90. The molecule has 0 aliphatic carbocycles. The zero-order chi connectivity index (χ0) is 9.38. The van der Waals surface area contributed by atoms with Crippen molar-refractivity contribution < 1.29 is 0 Å². The van der Waals surface area contributed by atoms with Gasteiger partial charge in [0.2, 0.25) is 0 Å². The monoisotopic (exact) mass is 224 g/mol. The summed E-state index contributed by atoms with van der Waals surface area (Å²) >= 11 is 3.67. The highest BCUT2D eigenvalue weighted by atomic mass is 32.1. The molecule has 3 heterocycles. The molecule has 2 nitrogen and oxygen atoms in total. The van der Waals surface area contributed by atoms with Gasteiger partial charge in [-0.25, -0.2) is 5.01 Å². The van der Waals surface area contributed by atoms with E-state index in [9.17, 15) is 0 Å². The minimum absolute atomic E-state index is 1.19. The van der Waals surface area contributed by atoms with Gasteiger partial charge in [-0.2, -0.15) is 0 Å². The van der Waals surface area contributed by atoms with Gasteiger partial charge in [-0.05, 0) is 30.4 Å². The Balaban J connectivity index is 1.80. The van der Waals surface area contributed by atoms with Crippen molar-refractivity contribution in [3.63, 3.8) is 0 Å². The van der Waals surface area contributed by atoms with Gasteiger partial charge in [0.25, 0.3) is 0 Å². The maximum absolute atomic E-state index is 3.47. The molecule has 0 aromatic carbocycles. The van der Waals surface area contributed by atoms with Gasteiger partial charge in [0.1, 0.15) is 5.00 Å². The van der Waals surface area contributed by atoms with Crippen LogP contribution in [0.4, 0.5) is 5.00 Å². The van der Waals surface area contributed by atoms with Crippen molar-refractivity contribution in [3.05, 3.63) is 17.5 Å². The lowest BCUT2D eigenvalue weighted by atomic mass is 10.4. The molecule has 0 unspecified atom stereocenters. The molecule has 2 aromatic rings.